The number of hydrogen-bond donors (Lipinski definition) is 0. The molecule has 0 spiro atoms. The van der Waals surface area contributed by atoms with Crippen LogP contribution in [0.5, 0.6) is 0 Å². The topological polar surface area (TPSA) is 51.6 Å². The van der Waals surface area contributed by atoms with Crippen LogP contribution in [0.2, 0.25) is 0 Å². The molecule has 0 atom stereocenters. The molecule has 0 saturated carbocycles. The standard InChI is InChI=1S/C44H26N4S2/c1-3-11-27(12-4-1)31-17-9-18-32(23-31)41-46-42(33-22-21-28-13-7-8-16-30(28)24-33)48-43(47-41)34-19-10-20-37-40(34)35-25-36-39(26-38(35)49-37)50-44(45-36)29-14-5-2-6-15-29/h1-26H. The Morgan fingerprint density at radius 2 is 1.02 bits per heavy atom. The van der Waals surface area contributed by atoms with E-state index in [1.54, 1.807) is 22.7 Å². The van der Waals surface area contributed by atoms with Crippen LogP contribution < -0.4 is 0 Å². The molecule has 0 bridgehead atoms. The summed E-state index contributed by atoms with van der Waals surface area (Å²) in [5, 5.41) is 5.66. The minimum absolute atomic E-state index is 0.641. The Balaban J connectivity index is 1.19. The van der Waals surface area contributed by atoms with Gasteiger partial charge in [-0.3, -0.25) is 0 Å². The fourth-order valence-electron chi connectivity index (χ4n) is 6.69. The van der Waals surface area contributed by atoms with Gasteiger partial charge >= 0.3 is 0 Å². The van der Waals surface area contributed by atoms with Crippen molar-refractivity contribution in [1.29, 1.82) is 0 Å². The lowest BCUT2D eigenvalue weighted by molar-refractivity contribution is 1.08. The van der Waals surface area contributed by atoms with Crippen molar-refractivity contribution in [3.8, 4) is 55.9 Å². The molecular formula is C44H26N4S2. The Bertz CT molecular complexity index is 2880. The fourth-order valence-corrected chi connectivity index (χ4v) is 8.91. The Morgan fingerprint density at radius 1 is 0.360 bits per heavy atom. The summed E-state index contributed by atoms with van der Waals surface area (Å²) in [6, 6.07) is 55.1. The molecule has 4 nitrogen and oxygen atoms in total. The van der Waals surface area contributed by atoms with E-state index in [-0.39, 0.29) is 0 Å². The largest absolute Gasteiger partial charge is 0.236 e. The number of thiophene rings is 1. The Labute approximate surface area is 296 Å². The first-order chi connectivity index (χ1) is 24.7. The molecule has 0 aliphatic heterocycles. The van der Waals surface area contributed by atoms with Gasteiger partial charge < -0.3 is 0 Å². The van der Waals surface area contributed by atoms with Gasteiger partial charge in [0.2, 0.25) is 0 Å². The normalized spacial score (nSPS) is 11.6. The van der Waals surface area contributed by atoms with Crippen LogP contribution in [0, 0.1) is 0 Å². The van der Waals surface area contributed by atoms with E-state index in [1.165, 1.54) is 24.9 Å². The van der Waals surface area contributed by atoms with Crippen molar-refractivity contribution in [2.75, 3.05) is 0 Å². The highest BCUT2D eigenvalue weighted by Crippen LogP contribution is 2.43. The highest BCUT2D eigenvalue weighted by atomic mass is 32.1. The number of benzene rings is 7. The van der Waals surface area contributed by atoms with Gasteiger partial charge in [-0.15, -0.1) is 22.7 Å². The maximum Gasteiger partial charge on any atom is 0.164 e. The average Bonchev–Trinajstić information content (AvgIpc) is 3.78. The summed E-state index contributed by atoms with van der Waals surface area (Å²) in [6.45, 7) is 0. The molecule has 3 aromatic heterocycles. The number of nitrogens with zero attached hydrogens (tertiary/aromatic N) is 4. The van der Waals surface area contributed by atoms with Crippen LogP contribution in [0.3, 0.4) is 0 Å². The molecule has 0 saturated heterocycles. The monoisotopic (exact) mass is 674 g/mol. The van der Waals surface area contributed by atoms with Crippen molar-refractivity contribution in [2.45, 2.75) is 0 Å². The van der Waals surface area contributed by atoms with Crippen LogP contribution in [0.25, 0.3) is 97.0 Å². The van der Waals surface area contributed by atoms with E-state index in [2.05, 4.69) is 146 Å². The maximum absolute atomic E-state index is 5.21. The number of thiazole rings is 1. The summed E-state index contributed by atoms with van der Waals surface area (Å²) in [5.41, 5.74) is 7.28. The van der Waals surface area contributed by atoms with Crippen LogP contribution in [0.15, 0.2) is 158 Å². The second kappa shape index (κ2) is 11.8. The van der Waals surface area contributed by atoms with Crippen LogP contribution in [0.4, 0.5) is 0 Å². The van der Waals surface area contributed by atoms with Gasteiger partial charge in [0.1, 0.15) is 5.01 Å². The summed E-state index contributed by atoms with van der Waals surface area (Å²) in [4.78, 5) is 20.6. The zero-order chi connectivity index (χ0) is 33.0. The summed E-state index contributed by atoms with van der Waals surface area (Å²) in [5.74, 6) is 1.94. The molecule has 0 aliphatic rings. The maximum atomic E-state index is 5.21. The minimum atomic E-state index is 0.641. The first-order valence-corrected chi connectivity index (χ1v) is 18.1. The van der Waals surface area contributed by atoms with Crippen LogP contribution in [0.1, 0.15) is 0 Å². The molecule has 0 N–H and O–H groups in total. The van der Waals surface area contributed by atoms with Crippen molar-refractivity contribution < 1.29 is 0 Å². The zero-order valence-corrected chi connectivity index (χ0v) is 28.2. The average molecular weight is 675 g/mol. The van der Waals surface area contributed by atoms with E-state index in [4.69, 9.17) is 19.9 Å². The highest BCUT2D eigenvalue weighted by molar-refractivity contribution is 7.26. The first-order valence-electron chi connectivity index (χ1n) is 16.5. The lowest BCUT2D eigenvalue weighted by Gasteiger charge is -2.11. The first kappa shape index (κ1) is 28.9. The third-order valence-electron chi connectivity index (χ3n) is 9.14. The van der Waals surface area contributed by atoms with Gasteiger partial charge in [0.25, 0.3) is 0 Å². The Kier molecular flexibility index (Phi) is 6.82. The van der Waals surface area contributed by atoms with E-state index >= 15 is 0 Å². The molecule has 10 rings (SSSR count). The second-order valence-corrected chi connectivity index (χ2v) is 14.4. The molecule has 7 aromatic carbocycles. The number of fused-ring (bicyclic) bond motifs is 5. The van der Waals surface area contributed by atoms with Gasteiger partial charge in [-0.2, -0.15) is 0 Å². The molecule has 3 heterocycles. The van der Waals surface area contributed by atoms with Crippen molar-refractivity contribution >= 4 is 63.8 Å². The Morgan fingerprint density at radius 3 is 1.84 bits per heavy atom. The lowest BCUT2D eigenvalue weighted by atomic mass is 10.0. The lowest BCUT2D eigenvalue weighted by Crippen LogP contribution is -2.00. The SMILES string of the molecule is c1ccc(-c2cccc(-c3nc(-c4ccc5ccccc5c4)nc(-c4cccc5sc6cc7sc(-c8ccccc8)nc7cc6c45)n3)c2)cc1. The van der Waals surface area contributed by atoms with Crippen LogP contribution in [-0.2, 0) is 0 Å². The summed E-state index contributed by atoms with van der Waals surface area (Å²) in [7, 11) is 0. The number of rotatable bonds is 5. The van der Waals surface area contributed by atoms with E-state index in [0.29, 0.717) is 17.5 Å². The summed E-state index contributed by atoms with van der Waals surface area (Å²) < 4.78 is 3.60. The molecule has 0 fully saturated rings. The van der Waals surface area contributed by atoms with E-state index in [0.717, 1.165) is 54.7 Å². The molecule has 50 heavy (non-hydrogen) atoms. The molecule has 0 radical (unpaired) electrons. The summed E-state index contributed by atoms with van der Waals surface area (Å²) >= 11 is 3.54. The predicted molar refractivity (Wildman–Crippen MR) is 211 cm³/mol. The summed E-state index contributed by atoms with van der Waals surface area (Å²) in [6.07, 6.45) is 0. The van der Waals surface area contributed by atoms with Crippen molar-refractivity contribution in [3.05, 3.63) is 158 Å². The van der Waals surface area contributed by atoms with Gasteiger partial charge in [-0.1, -0.05) is 127 Å². The highest BCUT2D eigenvalue weighted by Gasteiger charge is 2.19. The molecule has 0 amide bonds. The van der Waals surface area contributed by atoms with Gasteiger partial charge in [0, 0.05) is 42.4 Å². The quantitative estimate of drug-likeness (QED) is 0.182. The molecule has 10 aromatic rings. The fraction of sp³-hybridized carbons (Fsp3) is 0. The molecule has 0 aliphatic carbocycles. The van der Waals surface area contributed by atoms with Crippen molar-refractivity contribution in [3.63, 3.8) is 0 Å². The third-order valence-corrected chi connectivity index (χ3v) is 11.3. The van der Waals surface area contributed by atoms with E-state index in [1.807, 2.05) is 12.1 Å². The van der Waals surface area contributed by atoms with Crippen LogP contribution >= 0.6 is 22.7 Å². The second-order valence-electron chi connectivity index (χ2n) is 12.3. The van der Waals surface area contributed by atoms with Gasteiger partial charge in [0.05, 0.1) is 10.2 Å². The number of hydrogen-bond acceptors (Lipinski definition) is 6. The predicted octanol–water partition coefficient (Wildman–Crippen LogP) is 12.3. The van der Waals surface area contributed by atoms with Gasteiger partial charge in [-0.05, 0) is 52.2 Å². The third kappa shape index (κ3) is 5.05. The molecule has 6 heteroatoms. The Hall–Kier alpha value is -6.08. The minimum Gasteiger partial charge on any atom is -0.236 e. The van der Waals surface area contributed by atoms with E-state index < -0.39 is 0 Å². The van der Waals surface area contributed by atoms with E-state index in [9.17, 15) is 0 Å². The molecule has 0 unspecified atom stereocenters. The van der Waals surface area contributed by atoms with Gasteiger partial charge in [0.15, 0.2) is 17.5 Å². The van der Waals surface area contributed by atoms with Crippen LogP contribution in [-0.4, -0.2) is 19.9 Å². The van der Waals surface area contributed by atoms with Crippen molar-refractivity contribution in [1.82, 2.24) is 19.9 Å². The van der Waals surface area contributed by atoms with Gasteiger partial charge in [-0.25, -0.2) is 19.9 Å². The smallest absolute Gasteiger partial charge is 0.164 e. The number of aromatic nitrogens is 4. The van der Waals surface area contributed by atoms with Crippen molar-refractivity contribution in [2.24, 2.45) is 0 Å². The molecular weight excluding hydrogens is 649 g/mol. The molecule has 234 valence electrons. The zero-order valence-electron chi connectivity index (χ0n) is 26.6.